The van der Waals surface area contributed by atoms with Gasteiger partial charge in [0.15, 0.2) is 6.29 Å². The Kier molecular flexibility index (Phi) is 5.36. The fraction of sp³-hybridized carbons (Fsp3) is 0.625. The number of piperidine rings is 1. The molecular weight excluding hydrogens is 270 g/mol. The Morgan fingerprint density at radius 2 is 1.95 bits per heavy atom. The zero-order valence-electron chi connectivity index (χ0n) is 11.9. The third-order valence-corrected chi connectivity index (χ3v) is 4.99. The van der Waals surface area contributed by atoms with Crippen LogP contribution in [0.2, 0.25) is 0 Å². The van der Waals surface area contributed by atoms with Gasteiger partial charge in [-0.3, -0.25) is 0 Å². The Bertz CT molecular complexity index is 395. The van der Waals surface area contributed by atoms with E-state index in [0.717, 1.165) is 32.1 Å². The maximum Gasteiger partial charge on any atom is 0.161 e. The first-order valence-electron chi connectivity index (χ1n) is 7.55. The molecule has 0 spiro atoms. The van der Waals surface area contributed by atoms with Gasteiger partial charge in [-0.25, -0.2) is 0 Å². The minimum absolute atomic E-state index is 0.0552. The molecule has 0 aromatic heterocycles. The number of nitrogens with zero attached hydrogens (tertiary/aromatic N) is 1. The normalized spacial score (nSPS) is 25.1. The minimum Gasteiger partial charge on any atom is -0.350 e. The second kappa shape index (κ2) is 7.46. The first-order valence-corrected chi connectivity index (χ1v) is 8.54. The van der Waals surface area contributed by atoms with Gasteiger partial charge in [-0.2, -0.15) is 0 Å². The van der Waals surface area contributed by atoms with Crippen molar-refractivity contribution in [3.05, 3.63) is 30.3 Å². The van der Waals surface area contributed by atoms with Gasteiger partial charge < -0.3 is 14.4 Å². The Hall–Kier alpha value is -0.550. The largest absolute Gasteiger partial charge is 0.350 e. The quantitative estimate of drug-likeness (QED) is 0.778. The molecule has 1 aromatic rings. The van der Waals surface area contributed by atoms with Crippen molar-refractivity contribution in [2.45, 2.75) is 24.0 Å². The SMILES string of the molecule is c1ccc(SCCN2CCC[C@H](C3OCCO3)C2)cc1. The summed E-state index contributed by atoms with van der Waals surface area (Å²) in [6.07, 6.45) is 2.57. The molecule has 1 atom stereocenters. The van der Waals surface area contributed by atoms with Crippen molar-refractivity contribution < 1.29 is 9.47 Å². The van der Waals surface area contributed by atoms with E-state index in [-0.39, 0.29) is 6.29 Å². The van der Waals surface area contributed by atoms with Gasteiger partial charge in [-0.05, 0) is 31.5 Å². The second-order valence-corrected chi connectivity index (χ2v) is 6.64. The molecule has 0 N–H and O–H groups in total. The van der Waals surface area contributed by atoms with E-state index in [1.54, 1.807) is 0 Å². The monoisotopic (exact) mass is 293 g/mol. The summed E-state index contributed by atoms with van der Waals surface area (Å²) in [6, 6.07) is 10.6. The van der Waals surface area contributed by atoms with Crippen molar-refractivity contribution >= 4 is 11.8 Å². The van der Waals surface area contributed by atoms with Gasteiger partial charge in [0.2, 0.25) is 0 Å². The van der Waals surface area contributed by atoms with E-state index < -0.39 is 0 Å². The van der Waals surface area contributed by atoms with E-state index >= 15 is 0 Å². The van der Waals surface area contributed by atoms with Crippen LogP contribution in [0.4, 0.5) is 0 Å². The number of hydrogen-bond acceptors (Lipinski definition) is 4. The van der Waals surface area contributed by atoms with Gasteiger partial charge in [0.1, 0.15) is 0 Å². The van der Waals surface area contributed by atoms with Crippen molar-refractivity contribution in [3.63, 3.8) is 0 Å². The molecule has 3 nitrogen and oxygen atoms in total. The highest BCUT2D eigenvalue weighted by molar-refractivity contribution is 7.99. The van der Waals surface area contributed by atoms with Crippen LogP contribution in [0.1, 0.15) is 12.8 Å². The molecule has 0 bridgehead atoms. The van der Waals surface area contributed by atoms with Crippen molar-refractivity contribution in [1.82, 2.24) is 4.90 Å². The van der Waals surface area contributed by atoms with Gasteiger partial charge >= 0.3 is 0 Å². The lowest BCUT2D eigenvalue weighted by Crippen LogP contribution is -2.41. The van der Waals surface area contributed by atoms with Crippen LogP contribution in [0.3, 0.4) is 0 Å². The topological polar surface area (TPSA) is 21.7 Å². The van der Waals surface area contributed by atoms with Crippen LogP contribution in [0.25, 0.3) is 0 Å². The summed E-state index contributed by atoms with van der Waals surface area (Å²) in [6.45, 7) is 5.04. The lowest BCUT2D eigenvalue weighted by Gasteiger charge is -2.34. The molecule has 0 aliphatic carbocycles. The van der Waals surface area contributed by atoms with Gasteiger partial charge in [0, 0.05) is 29.7 Å². The van der Waals surface area contributed by atoms with Crippen LogP contribution in [0.15, 0.2) is 35.2 Å². The minimum atomic E-state index is 0.0552. The van der Waals surface area contributed by atoms with Crippen LogP contribution in [-0.2, 0) is 9.47 Å². The molecule has 2 heterocycles. The first-order chi connectivity index (χ1) is 9.92. The number of likely N-dealkylation sites (tertiary alicyclic amines) is 1. The molecule has 2 fully saturated rings. The summed E-state index contributed by atoms with van der Waals surface area (Å²) >= 11 is 1.94. The molecule has 2 aliphatic heterocycles. The van der Waals surface area contributed by atoms with Crippen molar-refractivity contribution in [1.29, 1.82) is 0 Å². The maximum absolute atomic E-state index is 5.66. The second-order valence-electron chi connectivity index (χ2n) is 5.47. The average Bonchev–Trinajstić information content (AvgIpc) is 3.03. The molecule has 4 heteroatoms. The fourth-order valence-electron chi connectivity index (χ4n) is 2.97. The van der Waals surface area contributed by atoms with Crippen molar-refractivity contribution in [2.24, 2.45) is 5.92 Å². The molecule has 110 valence electrons. The summed E-state index contributed by atoms with van der Waals surface area (Å²) in [7, 11) is 0. The Labute approximate surface area is 125 Å². The Morgan fingerprint density at radius 1 is 1.15 bits per heavy atom. The van der Waals surface area contributed by atoms with Crippen molar-refractivity contribution in [2.75, 3.05) is 38.6 Å². The summed E-state index contributed by atoms with van der Waals surface area (Å²) in [5.41, 5.74) is 0. The summed E-state index contributed by atoms with van der Waals surface area (Å²) < 4.78 is 11.3. The highest BCUT2D eigenvalue weighted by Crippen LogP contribution is 2.25. The third-order valence-electron chi connectivity index (χ3n) is 3.99. The first kappa shape index (κ1) is 14.4. The number of rotatable bonds is 5. The number of benzene rings is 1. The summed E-state index contributed by atoms with van der Waals surface area (Å²) in [5.74, 6) is 1.72. The number of ether oxygens (including phenoxy) is 2. The lowest BCUT2D eigenvalue weighted by molar-refractivity contribution is -0.0995. The maximum atomic E-state index is 5.66. The molecule has 2 saturated heterocycles. The third kappa shape index (κ3) is 3.98. The lowest BCUT2D eigenvalue weighted by atomic mass is 9.97. The van der Waals surface area contributed by atoms with Crippen molar-refractivity contribution in [3.8, 4) is 0 Å². The van der Waals surface area contributed by atoms with Crippen LogP contribution in [-0.4, -0.2) is 49.8 Å². The molecule has 3 rings (SSSR count). The summed E-state index contributed by atoms with van der Waals surface area (Å²) in [5, 5.41) is 0. The zero-order chi connectivity index (χ0) is 13.6. The predicted molar refractivity (Wildman–Crippen MR) is 82.0 cm³/mol. The number of thioether (sulfide) groups is 1. The highest BCUT2D eigenvalue weighted by Gasteiger charge is 2.30. The zero-order valence-corrected chi connectivity index (χ0v) is 12.7. The standard InChI is InChI=1S/C16H23NO2S/c1-2-6-15(7-3-1)20-12-9-17-8-4-5-14(13-17)16-18-10-11-19-16/h1-3,6-7,14,16H,4-5,8-13H2/t14-/m0/s1. The number of hydrogen-bond donors (Lipinski definition) is 0. The van der Waals surface area contributed by atoms with Gasteiger partial charge in [0.25, 0.3) is 0 Å². The average molecular weight is 293 g/mol. The van der Waals surface area contributed by atoms with Crippen LogP contribution >= 0.6 is 11.8 Å². The van der Waals surface area contributed by atoms with Crippen LogP contribution in [0, 0.1) is 5.92 Å². The smallest absolute Gasteiger partial charge is 0.161 e. The van der Waals surface area contributed by atoms with Gasteiger partial charge in [0.05, 0.1) is 13.2 Å². The van der Waals surface area contributed by atoms with E-state index in [1.165, 1.54) is 24.3 Å². The molecule has 0 saturated carbocycles. The summed E-state index contributed by atoms with van der Waals surface area (Å²) in [4.78, 5) is 3.93. The molecule has 0 unspecified atom stereocenters. The molecule has 20 heavy (non-hydrogen) atoms. The van der Waals surface area contributed by atoms with Crippen LogP contribution in [0.5, 0.6) is 0 Å². The van der Waals surface area contributed by atoms with E-state index in [1.807, 2.05) is 11.8 Å². The van der Waals surface area contributed by atoms with E-state index in [4.69, 9.17) is 9.47 Å². The molecule has 0 radical (unpaired) electrons. The molecule has 2 aliphatic rings. The molecule has 0 amide bonds. The van der Waals surface area contributed by atoms with Gasteiger partial charge in [-0.1, -0.05) is 18.2 Å². The highest BCUT2D eigenvalue weighted by atomic mass is 32.2. The van der Waals surface area contributed by atoms with E-state index in [0.29, 0.717) is 5.92 Å². The van der Waals surface area contributed by atoms with E-state index in [2.05, 4.69) is 35.2 Å². The van der Waals surface area contributed by atoms with Crippen LogP contribution < -0.4 is 0 Å². The van der Waals surface area contributed by atoms with Gasteiger partial charge in [-0.15, -0.1) is 11.8 Å². The molecule has 1 aromatic carbocycles. The van der Waals surface area contributed by atoms with E-state index in [9.17, 15) is 0 Å². The predicted octanol–water partition coefficient (Wildman–Crippen LogP) is 2.86. The molecular formula is C16H23NO2S. The Morgan fingerprint density at radius 3 is 2.75 bits per heavy atom. The Balaban J connectivity index is 1.41. The fourth-order valence-corrected chi connectivity index (χ4v) is 3.91.